The Morgan fingerprint density at radius 3 is 2.32 bits per heavy atom. The number of aryl methyl sites for hydroxylation is 2. The zero-order valence-corrected chi connectivity index (χ0v) is 18.2. The Kier molecular flexibility index (Phi) is 7.04. The number of benzene rings is 2. The number of carbonyl (C=O) groups is 2. The van der Waals surface area contributed by atoms with Gasteiger partial charge < -0.3 is 9.73 Å². The van der Waals surface area contributed by atoms with Crippen molar-refractivity contribution in [2.24, 2.45) is 0 Å². The van der Waals surface area contributed by atoms with E-state index in [-0.39, 0.29) is 36.0 Å². The van der Waals surface area contributed by atoms with Gasteiger partial charge in [0.05, 0.1) is 17.7 Å². The number of nitrogens with one attached hydrogen (secondary N) is 2. The minimum Gasteiger partial charge on any atom is -0.468 e. The Morgan fingerprint density at radius 1 is 0.935 bits per heavy atom. The molecule has 0 spiro atoms. The third kappa shape index (κ3) is 6.13. The van der Waals surface area contributed by atoms with Crippen molar-refractivity contribution in [3.8, 4) is 0 Å². The van der Waals surface area contributed by atoms with Crippen LogP contribution in [-0.4, -0.2) is 20.1 Å². The van der Waals surface area contributed by atoms with Crippen LogP contribution < -0.4 is 10.0 Å². The van der Waals surface area contributed by atoms with Gasteiger partial charge in [0.15, 0.2) is 5.78 Å². The van der Waals surface area contributed by atoms with Gasteiger partial charge in [-0.2, -0.15) is 0 Å². The summed E-state index contributed by atoms with van der Waals surface area (Å²) < 4.78 is 32.2. The molecule has 0 bridgehead atoms. The fourth-order valence-electron chi connectivity index (χ4n) is 2.89. The second kappa shape index (κ2) is 9.72. The van der Waals surface area contributed by atoms with Gasteiger partial charge >= 0.3 is 0 Å². The lowest BCUT2D eigenvalue weighted by molar-refractivity contribution is -0.116. The maximum Gasteiger partial charge on any atom is 0.240 e. The zero-order chi connectivity index (χ0) is 22.4. The Balaban J connectivity index is 1.52. The summed E-state index contributed by atoms with van der Waals surface area (Å²) in [6.45, 7) is 3.96. The molecule has 8 heteroatoms. The van der Waals surface area contributed by atoms with Crippen molar-refractivity contribution in [3.05, 3.63) is 83.3 Å². The van der Waals surface area contributed by atoms with Crippen molar-refractivity contribution < 1.29 is 22.4 Å². The van der Waals surface area contributed by atoms with Gasteiger partial charge in [-0.25, -0.2) is 13.1 Å². The smallest absolute Gasteiger partial charge is 0.240 e. The second-order valence-electron chi connectivity index (χ2n) is 7.20. The number of amides is 1. The summed E-state index contributed by atoms with van der Waals surface area (Å²) in [5.74, 6) is 0.0915. The van der Waals surface area contributed by atoms with Crippen molar-refractivity contribution in [2.75, 3.05) is 5.32 Å². The Hall–Kier alpha value is -3.23. The summed E-state index contributed by atoms with van der Waals surface area (Å²) in [7, 11) is -3.71. The molecule has 3 rings (SSSR count). The fourth-order valence-corrected chi connectivity index (χ4v) is 3.88. The second-order valence-corrected chi connectivity index (χ2v) is 8.97. The summed E-state index contributed by atoms with van der Waals surface area (Å²) in [5, 5.41) is 2.68. The molecule has 0 radical (unpaired) electrons. The van der Waals surface area contributed by atoms with Crippen LogP contribution in [-0.2, 0) is 21.4 Å². The van der Waals surface area contributed by atoms with Gasteiger partial charge in [-0.15, -0.1) is 0 Å². The maximum atomic E-state index is 12.3. The highest BCUT2D eigenvalue weighted by atomic mass is 32.2. The molecule has 0 aliphatic carbocycles. The minimum atomic E-state index is -3.71. The first-order valence-corrected chi connectivity index (χ1v) is 11.3. The maximum absolute atomic E-state index is 12.3. The van der Waals surface area contributed by atoms with E-state index in [1.54, 1.807) is 18.2 Å². The molecular formula is C23H24N2O5S. The van der Waals surface area contributed by atoms with E-state index in [9.17, 15) is 18.0 Å². The van der Waals surface area contributed by atoms with Crippen LogP contribution in [0.3, 0.4) is 0 Å². The van der Waals surface area contributed by atoms with Crippen molar-refractivity contribution in [2.45, 2.75) is 38.1 Å². The molecule has 1 heterocycles. The SMILES string of the molecule is Cc1ccc(C(=O)CCC(=O)Nc2ccc(S(=O)(=O)NCc3ccco3)cc2)cc1C. The molecule has 0 saturated carbocycles. The number of carbonyl (C=O) groups excluding carboxylic acids is 2. The molecule has 3 aromatic rings. The monoisotopic (exact) mass is 440 g/mol. The van der Waals surface area contributed by atoms with Gasteiger partial charge in [0.25, 0.3) is 0 Å². The van der Waals surface area contributed by atoms with Crippen LogP contribution in [0.2, 0.25) is 0 Å². The number of rotatable bonds is 9. The molecule has 2 N–H and O–H groups in total. The molecule has 0 unspecified atom stereocenters. The van der Waals surface area contributed by atoms with E-state index >= 15 is 0 Å². The number of sulfonamides is 1. The number of furan rings is 1. The largest absolute Gasteiger partial charge is 0.468 e. The topological polar surface area (TPSA) is 105 Å². The first kappa shape index (κ1) is 22.5. The standard InChI is InChI=1S/C23H24N2O5S/c1-16-5-6-18(14-17(16)2)22(26)11-12-23(27)25-19-7-9-21(10-8-19)31(28,29)24-15-20-4-3-13-30-20/h3-10,13-14,24H,11-12,15H2,1-2H3,(H,25,27). The molecule has 2 aromatic carbocycles. The predicted molar refractivity (Wildman–Crippen MR) is 117 cm³/mol. The van der Waals surface area contributed by atoms with Crippen molar-refractivity contribution >= 4 is 27.4 Å². The van der Waals surface area contributed by atoms with E-state index in [0.29, 0.717) is 17.0 Å². The molecule has 0 fully saturated rings. The Labute approximate surface area is 181 Å². The van der Waals surface area contributed by atoms with E-state index in [4.69, 9.17) is 4.42 Å². The lowest BCUT2D eigenvalue weighted by Crippen LogP contribution is -2.23. The minimum absolute atomic E-state index is 0.0382. The van der Waals surface area contributed by atoms with Gasteiger partial charge in [-0.1, -0.05) is 12.1 Å². The molecule has 1 amide bonds. The van der Waals surface area contributed by atoms with E-state index in [1.165, 1.54) is 30.5 Å². The molecule has 0 atom stereocenters. The van der Waals surface area contributed by atoms with Crippen LogP contribution >= 0.6 is 0 Å². The summed E-state index contributed by atoms with van der Waals surface area (Å²) in [6, 6.07) is 14.6. The highest BCUT2D eigenvalue weighted by molar-refractivity contribution is 7.89. The van der Waals surface area contributed by atoms with Crippen LogP contribution in [0, 0.1) is 13.8 Å². The average Bonchev–Trinajstić information content (AvgIpc) is 3.27. The van der Waals surface area contributed by atoms with Gasteiger partial charge in [0.2, 0.25) is 15.9 Å². The van der Waals surface area contributed by atoms with E-state index in [2.05, 4.69) is 10.0 Å². The molecule has 162 valence electrons. The van der Waals surface area contributed by atoms with E-state index in [1.807, 2.05) is 26.0 Å². The molecular weight excluding hydrogens is 416 g/mol. The van der Waals surface area contributed by atoms with Crippen LogP contribution in [0.4, 0.5) is 5.69 Å². The molecule has 0 aliphatic heterocycles. The number of ketones is 1. The highest BCUT2D eigenvalue weighted by Crippen LogP contribution is 2.16. The number of anilines is 1. The number of hydrogen-bond donors (Lipinski definition) is 2. The summed E-state index contributed by atoms with van der Waals surface area (Å²) >= 11 is 0. The van der Waals surface area contributed by atoms with Gasteiger partial charge in [-0.05, 0) is 67.4 Å². The van der Waals surface area contributed by atoms with Crippen LogP contribution in [0.1, 0.15) is 40.1 Å². The third-order valence-corrected chi connectivity index (χ3v) is 6.29. The van der Waals surface area contributed by atoms with Gasteiger partial charge in [0, 0.05) is 24.1 Å². The lowest BCUT2D eigenvalue weighted by atomic mass is 10.0. The van der Waals surface area contributed by atoms with Crippen molar-refractivity contribution in [1.82, 2.24) is 4.72 Å². The zero-order valence-electron chi connectivity index (χ0n) is 17.3. The molecule has 7 nitrogen and oxygen atoms in total. The molecule has 0 aliphatic rings. The molecule has 0 saturated heterocycles. The summed E-state index contributed by atoms with van der Waals surface area (Å²) in [4.78, 5) is 24.6. The summed E-state index contributed by atoms with van der Waals surface area (Å²) in [5.41, 5.74) is 3.18. The van der Waals surface area contributed by atoms with Crippen molar-refractivity contribution in [3.63, 3.8) is 0 Å². The predicted octanol–water partition coefficient (Wildman–Crippen LogP) is 3.98. The van der Waals surface area contributed by atoms with E-state index < -0.39 is 10.0 Å². The molecule has 1 aromatic heterocycles. The number of hydrogen-bond acceptors (Lipinski definition) is 5. The van der Waals surface area contributed by atoms with Crippen LogP contribution in [0.25, 0.3) is 0 Å². The normalized spacial score (nSPS) is 11.3. The Bertz CT molecular complexity index is 1170. The van der Waals surface area contributed by atoms with Gasteiger partial charge in [0.1, 0.15) is 5.76 Å². The van der Waals surface area contributed by atoms with Crippen molar-refractivity contribution in [1.29, 1.82) is 0 Å². The summed E-state index contributed by atoms with van der Waals surface area (Å²) in [6.07, 6.45) is 1.60. The van der Waals surface area contributed by atoms with Gasteiger partial charge in [-0.3, -0.25) is 9.59 Å². The van der Waals surface area contributed by atoms with Crippen LogP contribution in [0.5, 0.6) is 0 Å². The number of Topliss-reactive ketones (excluding diaryl/α,β-unsaturated/α-hetero) is 1. The van der Waals surface area contributed by atoms with E-state index in [0.717, 1.165) is 11.1 Å². The fraction of sp³-hybridized carbons (Fsp3) is 0.217. The molecule has 31 heavy (non-hydrogen) atoms. The lowest BCUT2D eigenvalue weighted by Gasteiger charge is -2.08. The average molecular weight is 441 g/mol. The first-order chi connectivity index (χ1) is 14.7. The third-order valence-electron chi connectivity index (χ3n) is 4.87. The highest BCUT2D eigenvalue weighted by Gasteiger charge is 2.15. The first-order valence-electron chi connectivity index (χ1n) is 9.77. The quantitative estimate of drug-likeness (QED) is 0.490. The van der Waals surface area contributed by atoms with Crippen LogP contribution in [0.15, 0.2) is 70.2 Å². The Morgan fingerprint density at radius 2 is 1.68 bits per heavy atom.